The van der Waals surface area contributed by atoms with Crippen molar-refractivity contribution < 1.29 is 9.90 Å². The number of hydrogen-bond donors (Lipinski definition) is 1. The molecule has 2 aliphatic rings. The molecule has 0 bridgehead atoms. The van der Waals surface area contributed by atoms with Crippen LogP contribution in [0.5, 0.6) is 0 Å². The van der Waals surface area contributed by atoms with Crippen molar-refractivity contribution in [2.75, 3.05) is 13.1 Å². The summed E-state index contributed by atoms with van der Waals surface area (Å²) in [5.74, 6) is 1.20. The fraction of sp³-hybridized carbons (Fsp3) is 0.900. The summed E-state index contributed by atoms with van der Waals surface area (Å²) >= 11 is 0. The van der Waals surface area contributed by atoms with Crippen molar-refractivity contribution in [1.82, 2.24) is 4.90 Å². The lowest BCUT2D eigenvalue weighted by atomic mass is 10.2. The summed E-state index contributed by atoms with van der Waals surface area (Å²) in [5, 5.41) is 9.28. The van der Waals surface area contributed by atoms with Crippen LogP contribution in [0.4, 0.5) is 0 Å². The molecule has 1 saturated heterocycles. The van der Waals surface area contributed by atoms with E-state index in [1.807, 2.05) is 4.90 Å². The zero-order valence-corrected chi connectivity index (χ0v) is 8.07. The molecular weight excluding hydrogens is 166 g/mol. The molecule has 1 aliphatic carbocycles. The Morgan fingerprint density at radius 2 is 2.38 bits per heavy atom. The molecule has 2 rings (SSSR count). The van der Waals surface area contributed by atoms with Gasteiger partial charge in [0.25, 0.3) is 0 Å². The number of aliphatic hydroxyl groups is 1. The first-order valence-corrected chi connectivity index (χ1v) is 5.19. The third-order valence-corrected chi connectivity index (χ3v) is 3.24. The molecule has 2 fully saturated rings. The molecule has 0 spiro atoms. The van der Waals surface area contributed by atoms with E-state index in [0.717, 1.165) is 25.8 Å². The molecule has 3 atom stereocenters. The number of likely N-dealkylation sites (tertiary alicyclic amines) is 1. The standard InChI is InChI=1S/C10H17NO2/c1-2-7-5-9(7)10(13)11-4-3-8(12)6-11/h7-9,12H,2-6H2,1H3/t7-,8+,9-/m1/s1. The zero-order chi connectivity index (χ0) is 9.42. The summed E-state index contributed by atoms with van der Waals surface area (Å²) < 4.78 is 0. The first kappa shape index (κ1) is 9.00. The highest BCUT2D eigenvalue weighted by molar-refractivity contribution is 5.81. The maximum atomic E-state index is 11.7. The highest BCUT2D eigenvalue weighted by atomic mass is 16.3. The number of carbonyl (C=O) groups is 1. The highest BCUT2D eigenvalue weighted by Gasteiger charge is 2.44. The van der Waals surface area contributed by atoms with Gasteiger partial charge in [-0.1, -0.05) is 13.3 Å². The van der Waals surface area contributed by atoms with Crippen molar-refractivity contribution in [2.45, 2.75) is 32.3 Å². The van der Waals surface area contributed by atoms with Crippen LogP contribution in [0, 0.1) is 11.8 Å². The zero-order valence-electron chi connectivity index (χ0n) is 8.07. The Bertz CT molecular complexity index is 217. The van der Waals surface area contributed by atoms with Gasteiger partial charge in [0.1, 0.15) is 0 Å². The van der Waals surface area contributed by atoms with Gasteiger partial charge in [0.2, 0.25) is 5.91 Å². The average molecular weight is 183 g/mol. The number of rotatable bonds is 2. The van der Waals surface area contributed by atoms with Crippen molar-refractivity contribution in [1.29, 1.82) is 0 Å². The van der Waals surface area contributed by atoms with Gasteiger partial charge in [-0.05, 0) is 18.8 Å². The maximum Gasteiger partial charge on any atom is 0.226 e. The largest absolute Gasteiger partial charge is 0.391 e. The van der Waals surface area contributed by atoms with Gasteiger partial charge in [-0.3, -0.25) is 4.79 Å². The topological polar surface area (TPSA) is 40.5 Å². The summed E-state index contributed by atoms with van der Waals surface area (Å²) in [6.07, 6.45) is 2.67. The second kappa shape index (κ2) is 3.29. The lowest BCUT2D eigenvalue weighted by molar-refractivity contribution is -0.132. The van der Waals surface area contributed by atoms with E-state index < -0.39 is 0 Å². The number of hydrogen-bond acceptors (Lipinski definition) is 2. The molecule has 3 heteroatoms. The number of nitrogens with zero attached hydrogens (tertiary/aromatic N) is 1. The average Bonchev–Trinajstić information content (AvgIpc) is 2.80. The summed E-state index contributed by atoms with van der Waals surface area (Å²) in [6, 6.07) is 0. The van der Waals surface area contributed by atoms with Crippen LogP contribution in [-0.4, -0.2) is 35.1 Å². The Morgan fingerprint density at radius 3 is 2.85 bits per heavy atom. The minimum atomic E-state index is -0.275. The number of β-amino-alcohol motifs (C(OH)–C–C–N with tert-alkyl or cyclic N) is 1. The molecule has 0 radical (unpaired) electrons. The molecule has 1 saturated carbocycles. The third-order valence-electron chi connectivity index (χ3n) is 3.24. The summed E-state index contributed by atoms with van der Waals surface area (Å²) in [5.41, 5.74) is 0. The van der Waals surface area contributed by atoms with Crippen LogP contribution in [0.1, 0.15) is 26.2 Å². The molecule has 1 aliphatic heterocycles. The molecular formula is C10H17NO2. The van der Waals surface area contributed by atoms with Gasteiger partial charge < -0.3 is 10.0 Å². The van der Waals surface area contributed by atoms with E-state index in [-0.39, 0.29) is 17.9 Å². The Labute approximate surface area is 78.7 Å². The van der Waals surface area contributed by atoms with E-state index in [2.05, 4.69) is 6.92 Å². The van der Waals surface area contributed by atoms with Crippen LogP contribution >= 0.6 is 0 Å². The lowest BCUT2D eigenvalue weighted by Gasteiger charge is -2.15. The summed E-state index contributed by atoms with van der Waals surface area (Å²) in [6.45, 7) is 3.45. The number of aliphatic hydroxyl groups excluding tert-OH is 1. The van der Waals surface area contributed by atoms with E-state index in [1.54, 1.807) is 0 Å². The van der Waals surface area contributed by atoms with E-state index in [4.69, 9.17) is 0 Å². The monoisotopic (exact) mass is 183 g/mol. The fourth-order valence-corrected chi connectivity index (χ4v) is 2.18. The van der Waals surface area contributed by atoms with Crippen LogP contribution < -0.4 is 0 Å². The molecule has 3 nitrogen and oxygen atoms in total. The normalized spacial score (nSPS) is 38.0. The lowest BCUT2D eigenvalue weighted by Crippen LogP contribution is -2.31. The van der Waals surface area contributed by atoms with Crippen LogP contribution in [-0.2, 0) is 4.79 Å². The minimum absolute atomic E-state index is 0.275. The molecule has 74 valence electrons. The van der Waals surface area contributed by atoms with Crippen molar-refractivity contribution in [2.24, 2.45) is 11.8 Å². The first-order valence-electron chi connectivity index (χ1n) is 5.19. The van der Waals surface area contributed by atoms with Crippen LogP contribution in [0.3, 0.4) is 0 Å². The molecule has 1 amide bonds. The summed E-state index contributed by atoms with van der Waals surface area (Å²) in [7, 11) is 0. The molecule has 1 N–H and O–H groups in total. The predicted octanol–water partition coefficient (Wildman–Crippen LogP) is 0.626. The SMILES string of the molecule is CC[C@@H]1C[C@H]1C(=O)N1CC[C@H](O)C1. The van der Waals surface area contributed by atoms with Crippen LogP contribution in [0.15, 0.2) is 0 Å². The first-order chi connectivity index (χ1) is 6.22. The van der Waals surface area contributed by atoms with E-state index in [9.17, 15) is 9.90 Å². The van der Waals surface area contributed by atoms with Gasteiger partial charge in [0.05, 0.1) is 6.10 Å². The van der Waals surface area contributed by atoms with Crippen LogP contribution in [0.2, 0.25) is 0 Å². The van der Waals surface area contributed by atoms with Crippen molar-refractivity contribution in [3.8, 4) is 0 Å². The molecule has 0 aromatic carbocycles. The van der Waals surface area contributed by atoms with Gasteiger partial charge in [-0.15, -0.1) is 0 Å². The number of carbonyl (C=O) groups excluding carboxylic acids is 1. The highest BCUT2D eigenvalue weighted by Crippen LogP contribution is 2.42. The second-order valence-corrected chi connectivity index (χ2v) is 4.24. The predicted molar refractivity (Wildman–Crippen MR) is 49.1 cm³/mol. The molecule has 0 aromatic rings. The van der Waals surface area contributed by atoms with E-state index in [1.165, 1.54) is 0 Å². The van der Waals surface area contributed by atoms with E-state index >= 15 is 0 Å². The smallest absolute Gasteiger partial charge is 0.226 e. The second-order valence-electron chi connectivity index (χ2n) is 4.24. The van der Waals surface area contributed by atoms with Gasteiger partial charge in [0.15, 0.2) is 0 Å². The van der Waals surface area contributed by atoms with E-state index in [0.29, 0.717) is 12.5 Å². The summed E-state index contributed by atoms with van der Waals surface area (Å²) in [4.78, 5) is 13.6. The van der Waals surface area contributed by atoms with Crippen molar-refractivity contribution in [3.05, 3.63) is 0 Å². The Morgan fingerprint density at radius 1 is 1.62 bits per heavy atom. The minimum Gasteiger partial charge on any atom is -0.391 e. The van der Waals surface area contributed by atoms with Crippen molar-refractivity contribution in [3.63, 3.8) is 0 Å². The Kier molecular flexibility index (Phi) is 2.28. The molecule has 1 heterocycles. The Balaban J connectivity index is 1.85. The van der Waals surface area contributed by atoms with Gasteiger partial charge in [0, 0.05) is 19.0 Å². The maximum absolute atomic E-state index is 11.7. The molecule has 0 unspecified atom stereocenters. The van der Waals surface area contributed by atoms with Crippen LogP contribution in [0.25, 0.3) is 0 Å². The van der Waals surface area contributed by atoms with Gasteiger partial charge in [-0.2, -0.15) is 0 Å². The van der Waals surface area contributed by atoms with Gasteiger partial charge >= 0.3 is 0 Å². The quantitative estimate of drug-likeness (QED) is 0.682. The van der Waals surface area contributed by atoms with Gasteiger partial charge in [-0.25, -0.2) is 0 Å². The fourth-order valence-electron chi connectivity index (χ4n) is 2.18. The number of amides is 1. The molecule has 13 heavy (non-hydrogen) atoms. The third kappa shape index (κ3) is 1.70. The Hall–Kier alpha value is -0.570. The molecule has 0 aromatic heterocycles. The van der Waals surface area contributed by atoms with Crippen molar-refractivity contribution >= 4 is 5.91 Å².